The molecule has 0 bridgehead atoms. The van der Waals surface area contributed by atoms with Crippen molar-refractivity contribution in [3.05, 3.63) is 30.3 Å². The Morgan fingerprint density at radius 3 is 2.40 bits per heavy atom. The molecular weight excluding hydrogens is 216 g/mol. The largest absolute Gasteiger partial charge is 0.450 e. The Balaban J connectivity index is 2.18. The van der Waals surface area contributed by atoms with Gasteiger partial charge >= 0.3 is 17.0 Å². The number of para-hydroxylation sites is 1. The van der Waals surface area contributed by atoms with E-state index < -0.39 is 17.0 Å². The Morgan fingerprint density at radius 1 is 1.20 bits per heavy atom. The number of rotatable bonds is 2. The van der Waals surface area contributed by atoms with Crippen LogP contribution in [0.15, 0.2) is 30.3 Å². The van der Waals surface area contributed by atoms with E-state index in [4.69, 9.17) is 4.74 Å². The van der Waals surface area contributed by atoms with E-state index in [0.717, 1.165) is 0 Å². The zero-order valence-corrected chi connectivity index (χ0v) is 8.45. The average molecular weight is 224 g/mol. The topological polar surface area (TPSA) is 67.4 Å². The number of carbonyl (C=O) groups excluding carboxylic acids is 2. The highest BCUT2D eigenvalue weighted by molar-refractivity contribution is 7.82. The van der Waals surface area contributed by atoms with Crippen molar-refractivity contribution in [2.45, 2.75) is 5.06 Å². The molecule has 78 valence electrons. The van der Waals surface area contributed by atoms with Crippen LogP contribution in [-0.2, 0) is 4.79 Å². The van der Waals surface area contributed by atoms with Crippen LogP contribution < -0.4 is 15.4 Å². The molecule has 1 aliphatic rings. The van der Waals surface area contributed by atoms with Gasteiger partial charge in [0.2, 0.25) is 0 Å². The van der Waals surface area contributed by atoms with E-state index in [0.29, 0.717) is 5.75 Å². The van der Waals surface area contributed by atoms with Crippen LogP contribution in [-0.4, -0.2) is 17.0 Å². The van der Waals surface area contributed by atoms with Crippen molar-refractivity contribution in [2.75, 3.05) is 0 Å². The van der Waals surface area contributed by atoms with Crippen molar-refractivity contribution in [1.82, 2.24) is 10.6 Å². The molecule has 0 aromatic heterocycles. The number of hydrogen-bond acceptors (Lipinski definition) is 4. The molecule has 1 saturated heterocycles. The number of carbonyl (C=O) groups is 2. The van der Waals surface area contributed by atoms with Crippen LogP contribution in [0.2, 0.25) is 0 Å². The molecule has 2 N–H and O–H groups in total. The van der Waals surface area contributed by atoms with Crippen molar-refractivity contribution in [3.63, 3.8) is 0 Å². The first kappa shape index (κ1) is 9.85. The zero-order chi connectivity index (χ0) is 10.9. The van der Waals surface area contributed by atoms with E-state index in [-0.39, 0.29) is 0 Å². The number of benzene rings is 1. The van der Waals surface area contributed by atoms with Gasteiger partial charge in [-0.25, -0.2) is 4.79 Å². The van der Waals surface area contributed by atoms with Crippen LogP contribution in [0.5, 0.6) is 5.75 Å². The zero-order valence-electron chi connectivity index (χ0n) is 7.56. The summed E-state index contributed by atoms with van der Waals surface area (Å²) in [5.74, 6) is -0.176. The molecular formula is C9H8N2O3S. The molecule has 2 rings (SSSR count). The van der Waals surface area contributed by atoms with E-state index in [1.165, 1.54) is 0 Å². The fourth-order valence-electron chi connectivity index (χ4n) is 1.16. The predicted molar refractivity (Wildman–Crippen MR) is 55.5 cm³/mol. The van der Waals surface area contributed by atoms with Crippen molar-refractivity contribution in [2.24, 2.45) is 0 Å². The molecule has 3 amide bonds. The van der Waals surface area contributed by atoms with Gasteiger partial charge in [-0.15, -0.1) is 0 Å². The van der Waals surface area contributed by atoms with Gasteiger partial charge in [0.1, 0.15) is 5.75 Å². The molecule has 1 fully saturated rings. The lowest BCUT2D eigenvalue weighted by atomic mass is 10.3. The molecule has 1 aromatic rings. The van der Waals surface area contributed by atoms with Gasteiger partial charge in [0, 0.05) is 0 Å². The first-order valence-corrected chi connectivity index (χ1v) is 4.65. The Bertz CT molecular complexity index is 409. The van der Waals surface area contributed by atoms with Gasteiger partial charge in [-0.2, -0.15) is 0 Å². The van der Waals surface area contributed by atoms with Gasteiger partial charge in [0.15, 0.2) is 0 Å². The second kappa shape index (κ2) is 3.47. The Morgan fingerprint density at radius 2 is 1.87 bits per heavy atom. The molecule has 6 heteroatoms. The van der Waals surface area contributed by atoms with Gasteiger partial charge in [-0.05, 0) is 12.1 Å². The second-order valence-corrected chi connectivity index (χ2v) is 3.60. The number of thiol groups is 1. The monoisotopic (exact) mass is 224 g/mol. The van der Waals surface area contributed by atoms with Gasteiger partial charge in [0.25, 0.3) is 0 Å². The minimum Gasteiger partial charge on any atom is -0.450 e. The highest BCUT2D eigenvalue weighted by Gasteiger charge is 2.45. The SMILES string of the molecule is O=C1NC(=O)C(S)(Oc2ccccc2)N1. The molecule has 5 nitrogen and oxygen atoms in total. The number of hydrogen-bond donors (Lipinski definition) is 3. The summed E-state index contributed by atoms with van der Waals surface area (Å²) >= 11 is 3.98. The van der Waals surface area contributed by atoms with E-state index >= 15 is 0 Å². The predicted octanol–water partition coefficient (Wildman–Crippen LogP) is 0.488. The molecule has 1 aliphatic heterocycles. The summed E-state index contributed by atoms with van der Waals surface area (Å²) in [4.78, 5) is 22.2. The Kier molecular flexibility index (Phi) is 2.28. The van der Waals surface area contributed by atoms with Gasteiger partial charge in [-0.3, -0.25) is 15.4 Å². The van der Waals surface area contributed by atoms with E-state index in [2.05, 4.69) is 17.9 Å². The molecule has 0 aliphatic carbocycles. The van der Waals surface area contributed by atoms with Crippen molar-refractivity contribution in [1.29, 1.82) is 0 Å². The maximum Gasteiger partial charge on any atom is 0.325 e. The van der Waals surface area contributed by atoms with Gasteiger partial charge in [-0.1, -0.05) is 30.8 Å². The molecule has 1 heterocycles. The van der Waals surface area contributed by atoms with Crippen molar-refractivity contribution in [3.8, 4) is 5.75 Å². The van der Waals surface area contributed by atoms with Crippen LogP contribution in [0, 0.1) is 0 Å². The summed E-state index contributed by atoms with van der Waals surface area (Å²) in [5, 5.41) is 2.68. The normalized spacial score (nSPS) is 24.6. The summed E-state index contributed by atoms with van der Waals surface area (Å²) in [6, 6.07) is 8.02. The number of urea groups is 1. The number of imide groups is 1. The highest BCUT2D eigenvalue weighted by Crippen LogP contribution is 2.21. The van der Waals surface area contributed by atoms with E-state index in [1.54, 1.807) is 24.3 Å². The molecule has 0 spiro atoms. The third kappa shape index (κ3) is 1.89. The summed E-state index contributed by atoms with van der Waals surface area (Å²) in [6.45, 7) is 0. The molecule has 1 aromatic carbocycles. The van der Waals surface area contributed by atoms with Gasteiger partial charge in [0.05, 0.1) is 0 Å². The summed E-state index contributed by atoms with van der Waals surface area (Å²) in [5.41, 5.74) is 0. The summed E-state index contributed by atoms with van der Waals surface area (Å²) in [6.07, 6.45) is 0. The quantitative estimate of drug-likeness (QED) is 0.389. The second-order valence-electron chi connectivity index (χ2n) is 2.97. The first-order valence-electron chi connectivity index (χ1n) is 4.20. The summed E-state index contributed by atoms with van der Waals surface area (Å²) in [7, 11) is 0. The third-order valence-electron chi connectivity index (χ3n) is 1.83. The molecule has 15 heavy (non-hydrogen) atoms. The maximum atomic E-state index is 11.3. The van der Waals surface area contributed by atoms with Crippen LogP contribution in [0.3, 0.4) is 0 Å². The smallest absolute Gasteiger partial charge is 0.325 e. The fourth-order valence-corrected chi connectivity index (χ4v) is 1.42. The van der Waals surface area contributed by atoms with Crippen LogP contribution in [0.25, 0.3) is 0 Å². The lowest BCUT2D eigenvalue weighted by Gasteiger charge is -2.20. The number of nitrogens with one attached hydrogen (secondary N) is 2. The molecule has 1 atom stereocenters. The molecule has 0 saturated carbocycles. The van der Waals surface area contributed by atoms with E-state index in [1.807, 2.05) is 11.4 Å². The Labute approximate surface area is 91.2 Å². The number of amides is 3. The average Bonchev–Trinajstić information content (AvgIpc) is 2.41. The van der Waals surface area contributed by atoms with E-state index in [9.17, 15) is 9.59 Å². The maximum absolute atomic E-state index is 11.3. The Hall–Kier alpha value is -1.69. The molecule has 0 radical (unpaired) electrons. The first-order chi connectivity index (χ1) is 7.10. The van der Waals surface area contributed by atoms with Crippen molar-refractivity contribution >= 4 is 24.6 Å². The van der Waals surface area contributed by atoms with Gasteiger partial charge < -0.3 is 4.74 Å². The third-order valence-corrected chi connectivity index (χ3v) is 2.23. The lowest BCUT2D eigenvalue weighted by molar-refractivity contribution is -0.127. The highest BCUT2D eigenvalue weighted by atomic mass is 32.1. The lowest BCUT2D eigenvalue weighted by Crippen LogP contribution is -2.46. The minimum absolute atomic E-state index is 0.449. The van der Waals surface area contributed by atoms with Crippen LogP contribution in [0.4, 0.5) is 4.79 Å². The molecule has 1 unspecified atom stereocenters. The summed E-state index contributed by atoms with van der Waals surface area (Å²) < 4.78 is 5.27. The van der Waals surface area contributed by atoms with Crippen LogP contribution >= 0.6 is 12.6 Å². The standard InChI is InChI=1S/C9H8N2O3S/c12-7-9(15,11-8(13)10-7)14-6-4-2-1-3-5-6/h1-5,15H,(H2,10,11,12,13). The number of ether oxygens (including phenoxy) is 1. The fraction of sp³-hybridized carbons (Fsp3) is 0.111. The minimum atomic E-state index is -1.63. The van der Waals surface area contributed by atoms with Crippen LogP contribution in [0.1, 0.15) is 0 Å². The van der Waals surface area contributed by atoms with Crippen molar-refractivity contribution < 1.29 is 14.3 Å².